The summed E-state index contributed by atoms with van der Waals surface area (Å²) in [5, 5.41) is 0. The monoisotopic (exact) mass is 196 g/mol. The van der Waals surface area contributed by atoms with Crippen LogP contribution in [0.2, 0.25) is 0 Å². The molecule has 0 aromatic rings. The number of rotatable bonds is 1. The van der Waals surface area contributed by atoms with E-state index in [2.05, 4.69) is 0 Å². The molecule has 0 heterocycles. The molecule has 0 aliphatic rings. The third-order valence-electron chi connectivity index (χ3n) is 0.689. The maximum atomic E-state index is 5.48. The summed E-state index contributed by atoms with van der Waals surface area (Å²) in [5.41, 5.74) is 0. The van der Waals surface area contributed by atoms with Gasteiger partial charge in [0, 0.05) is 6.92 Å². The van der Waals surface area contributed by atoms with Gasteiger partial charge in [-0.15, -0.1) is 0 Å². The third-order valence-corrected chi connectivity index (χ3v) is 2.39. The molecular formula is C3H6Cl4N+. The largest absolute Gasteiger partial charge is 0.280 e. The average Bonchev–Trinajstić information content (AvgIpc) is 1.25. The van der Waals surface area contributed by atoms with Crippen molar-refractivity contribution in [3.05, 3.63) is 0 Å². The molecule has 1 nitrogen and oxygen atoms in total. The molecule has 0 aliphatic heterocycles. The average molecular weight is 198 g/mol. The molecule has 0 N–H and O–H groups in total. The van der Waals surface area contributed by atoms with Crippen molar-refractivity contribution in [1.82, 2.24) is 0 Å². The first-order valence-electron chi connectivity index (χ1n) is 1.89. The first-order valence-corrected chi connectivity index (χ1v) is 3.32. The van der Waals surface area contributed by atoms with Crippen LogP contribution in [0.1, 0.15) is 6.92 Å². The zero-order valence-electron chi connectivity index (χ0n) is 4.46. The Kier molecular flexibility index (Phi) is 2.73. The van der Waals surface area contributed by atoms with E-state index in [1.54, 1.807) is 0 Å². The van der Waals surface area contributed by atoms with Crippen molar-refractivity contribution in [3.8, 4) is 0 Å². The zero-order chi connectivity index (χ0) is 7.00. The van der Waals surface area contributed by atoms with Gasteiger partial charge in [-0.05, 0) is 23.2 Å². The molecule has 0 rings (SSSR count). The van der Waals surface area contributed by atoms with Gasteiger partial charge in [0.05, 0.1) is 0 Å². The van der Waals surface area contributed by atoms with Crippen LogP contribution in [0, 0.1) is 0 Å². The molecule has 0 spiro atoms. The quantitative estimate of drug-likeness (QED) is 0.345. The van der Waals surface area contributed by atoms with Crippen molar-refractivity contribution in [2.75, 3.05) is 7.05 Å². The highest BCUT2D eigenvalue weighted by Gasteiger charge is 2.40. The van der Waals surface area contributed by atoms with Gasteiger partial charge in [-0.1, -0.05) is 3.52 Å². The number of halogens is 4. The molecule has 0 aromatic carbocycles. The summed E-state index contributed by atoms with van der Waals surface area (Å²) < 4.78 is -1.65. The summed E-state index contributed by atoms with van der Waals surface area (Å²) >= 11 is 21.9. The maximum absolute atomic E-state index is 5.48. The van der Waals surface area contributed by atoms with Gasteiger partial charge in [0.2, 0.25) is 0 Å². The molecule has 0 aliphatic carbocycles. The van der Waals surface area contributed by atoms with Gasteiger partial charge in [-0.3, -0.25) is 0 Å². The summed E-state index contributed by atoms with van der Waals surface area (Å²) in [6, 6.07) is 0. The van der Waals surface area contributed by atoms with Gasteiger partial charge < -0.3 is 0 Å². The molecule has 0 fully saturated rings. The second kappa shape index (κ2) is 2.39. The molecule has 0 unspecified atom stereocenters. The minimum Gasteiger partial charge on any atom is -0.0952 e. The first kappa shape index (κ1) is 9.12. The van der Waals surface area contributed by atoms with Crippen LogP contribution in [0.5, 0.6) is 0 Å². The predicted octanol–water partition coefficient (Wildman–Crippen LogP) is 2.89. The topological polar surface area (TPSA) is 0 Å². The van der Waals surface area contributed by atoms with Crippen LogP contribution in [-0.4, -0.2) is 15.0 Å². The van der Waals surface area contributed by atoms with Crippen LogP contribution in [0.4, 0.5) is 0 Å². The van der Waals surface area contributed by atoms with E-state index < -0.39 is 7.98 Å². The maximum Gasteiger partial charge on any atom is 0.280 e. The molecule has 0 bridgehead atoms. The van der Waals surface area contributed by atoms with Crippen molar-refractivity contribution in [3.63, 3.8) is 0 Å². The van der Waals surface area contributed by atoms with Crippen LogP contribution in [-0.2, 0) is 0 Å². The fourth-order valence-electron chi connectivity index (χ4n) is 0. The summed E-state index contributed by atoms with van der Waals surface area (Å²) in [4.78, 5) is 0. The van der Waals surface area contributed by atoms with Crippen molar-refractivity contribution in [2.24, 2.45) is 0 Å². The fraction of sp³-hybridized carbons (Fsp3) is 1.00. The summed E-state index contributed by atoms with van der Waals surface area (Å²) in [6.07, 6.45) is 0. The Bertz CT molecular complexity index is 66.3. The van der Waals surface area contributed by atoms with Gasteiger partial charge >= 0.3 is 0 Å². The van der Waals surface area contributed by atoms with Gasteiger partial charge in [-0.25, -0.2) is 0 Å². The second-order valence-electron chi connectivity index (χ2n) is 1.64. The number of hydrogen-bond donors (Lipinski definition) is 0. The highest BCUT2D eigenvalue weighted by atomic mass is 35.6. The highest BCUT2D eigenvalue weighted by Crippen LogP contribution is 2.36. The minimum atomic E-state index is -1.15. The van der Waals surface area contributed by atoms with Crippen molar-refractivity contribution >= 4 is 46.8 Å². The van der Waals surface area contributed by atoms with Crippen molar-refractivity contribution in [2.45, 2.75) is 11.4 Å². The lowest BCUT2D eigenvalue weighted by molar-refractivity contribution is -0.691. The number of nitrogens with zero attached hydrogens (tertiary/aromatic N) is 1. The van der Waals surface area contributed by atoms with E-state index in [1.807, 2.05) is 0 Å². The lowest BCUT2D eigenvalue weighted by atomic mass is 10.7. The molecule has 0 amide bonds. The van der Waals surface area contributed by atoms with Crippen LogP contribution < -0.4 is 0 Å². The second-order valence-corrected chi connectivity index (χ2v) is 4.83. The fourth-order valence-corrected chi connectivity index (χ4v) is 0. The van der Waals surface area contributed by atoms with Crippen molar-refractivity contribution < 1.29 is 3.52 Å². The third kappa shape index (κ3) is 2.60. The Labute approximate surface area is 68.9 Å². The molecule has 0 radical (unpaired) electrons. The Hall–Kier alpha value is 1.12. The van der Waals surface area contributed by atoms with E-state index in [1.165, 1.54) is 14.0 Å². The normalized spacial score (nSPS) is 14.2. The smallest absolute Gasteiger partial charge is 0.0952 e. The molecule has 0 atom stereocenters. The molecule has 50 valence electrons. The molecule has 0 saturated carbocycles. The standard InChI is InChI=1S/C3H6Cl4N/c1-3(4,5)8(2,6)7/h1-2H3/q+1. The summed E-state index contributed by atoms with van der Waals surface area (Å²) in [5.74, 6) is 0. The van der Waals surface area contributed by atoms with Gasteiger partial charge in [-0.2, -0.15) is 0 Å². The van der Waals surface area contributed by atoms with Crippen molar-refractivity contribution in [1.29, 1.82) is 0 Å². The van der Waals surface area contributed by atoms with Crippen LogP contribution in [0.3, 0.4) is 0 Å². The number of alkyl halides is 2. The lowest BCUT2D eigenvalue weighted by Crippen LogP contribution is -2.36. The van der Waals surface area contributed by atoms with Gasteiger partial charge in [0.1, 0.15) is 7.05 Å². The molecule has 8 heavy (non-hydrogen) atoms. The SMILES string of the molecule is CC(Cl)(Cl)[N+](C)(Cl)Cl. The van der Waals surface area contributed by atoms with E-state index in [9.17, 15) is 0 Å². The number of quaternary nitrogens is 1. The van der Waals surface area contributed by atoms with Gasteiger partial charge in [0.15, 0.2) is 23.6 Å². The van der Waals surface area contributed by atoms with E-state index in [0.29, 0.717) is 0 Å². The van der Waals surface area contributed by atoms with E-state index in [4.69, 9.17) is 46.8 Å². The molecule has 0 aromatic heterocycles. The van der Waals surface area contributed by atoms with Crippen LogP contribution in [0.25, 0.3) is 0 Å². The Balaban J connectivity index is 4.02. The first-order chi connectivity index (χ1) is 3.25. The molecule has 5 heteroatoms. The summed E-state index contributed by atoms with van der Waals surface area (Å²) in [6.45, 7) is 1.51. The minimum absolute atomic E-state index is 0.504. The van der Waals surface area contributed by atoms with Crippen LogP contribution >= 0.6 is 46.8 Å². The Morgan fingerprint density at radius 2 is 1.38 bits per heavy atom. The van der Waals surface area contributed by atoms with Crippen LogP contribution in [0.15, 0.2) is 0 Å². The van der Waals surface area contributed by atoms with E-state index in [-0.39, 0.29) is 0 Å². The highest BCUT2D eigenvalue weighted by molar-refractivity contribution is 6.49. The molecule has 0 saturated heterocycles. The van der Waals surface area contributed by atoms with E-state index in [0.717, 1.165) is 0 Å². The van der Waals surface area contributed by atoms with Gasteiger partial charge in [0.25, 0.3) is 4.46 Å². The van der Waals surface area contributed by atoms with E-state index >= 15 is 0 Å². The zero-order valence-corrected chi connectivity index (χ0v) is 7.48. The lowest BCUT2D eigenvalue weighted by Gasteiger charge is -2.22. The molecular weight excluding hydrogens is 192 g/mol. The predicted molar refractivity (Wildman–Crippen MR) is 38.0 cm³/mol. The number of hydrogen-bond acceptors (Lipinski definition) is 0. The Morgan fingerprint density at radius 3 is 1.38 bits per heavy atom. The Morgan fingerprint density at radius 1 is 1.25 bits per heavy atom. The summed E-state index contributed by atoms with van der Waals surface area (Å²) in [7, 11) is 1.48.